The third-order valence-electron chi connectivity index (χ3n) is 6.07. The van der Waals surface area contributed by atoms with E-state index in [1.807, 2.05) is 29.2 Å². The third-order valence-corrected chi connectivity index (χ3v) is 6.07. The average Bonchev–Trinajstić information content (AvgIpc) is 3.34. The number of furan rings is 1. The lowest BCUT2D eigenvalue weighted by molar-refractivity contribution is 0.0689. The summed E-state index contributed by atoms with van der Waals surface area (Å²) < 4.78 is 5.44. The molecular weight excluding hydrogens is 434 g/mol. The van der Waals surface area contributed by atoms with Gasteiger partial charge in [0.15, 0.2) is 5.69 Å². The number of piperidine rings is 1. The number of carbonyl (C=O) groups excluding carboxylic acids is 1. The number of pyridine rings is 1. The summed E-state index contributed by atoms with van der Waals surface area (Å²) in [5.74, 6) is -0.782. The molecule has 1 fully saturated rings. The number of carboxylic acids is 1. The zero-order chi connectivity index (χ0) is 23.7. The summed E-state index contributed by atoms with van der Waals surface area (Å²) in [4.78, 5) is 39.0. The number of nitrogens with zero attached hydrogens (tertiary/aromatic N) is 4. The predicted molar refractivity (Wildman–Crippen MR) is 126 cm³/mol. The molecule has 0 spiro atoms. The second kappa shape index (κ2) is 8.93. The van der Waals surface area contributed by atoms with E-state index in [-0.39, 0.29) is 17.6 Å². The van der Waals surface area contributed by atoms with E-state index in [0.29, 0.717) is 30.2 Å². The highest BCUT2D eigenvalue weighted by Gasteiger charge is 2.24. The fraction of sp³-hybridized carbons (Fsp3) is 0.240. The van der Waals surface area contributed by atoms with Crippen molar-refractivity contribution < 1.29 is 19.1 Å². The van der Waals surface area contributed by atoms with Crippen molar-refractivity contribution in [2.24, 2.45) is 0 Å². The molecule has 0 atom stereocenters. The van der Waals surface area contributed by atoms with Gasteiger partial charge in [-0.25, -0.2) is 14.8 Å². The number of aromatic carboxylic acids is 1. The maximum Gasteiger partial charge on any atom is 0.354 e. The van der Waals surface area contributed by atoms with Gasteiger partial charge in [0, 0.05) is 53.6 Å². The molecule has 1 aliphatic heterocycles. The van der Waals surface area contributed by atoms with Gasteiger partial charge in [-0.3, -0.25) is 9.78 Å². The van der Waals surface area contributed by atoms with Gasteiger partial charge in [0.25, 0.3) is 5.91 Å². The molecule has 1 aliphatic rings. The molecule has 9 heteroatoms. The number of aromatic nitrogens is 3. The third kappa shape index (κ3) is 4.19. The molecule has 5 rings (SSSR count). The van der Waals surface area contributed by atoms with Gasteiger partial charge in [-0.2, -0.15) is 0 Å². The number of fused-ring (bicyclic) bond motifs is 1. The number of amides is 1. The maximum absolute atomic E-state index is 12.8. The molecular formula is C25H23N5O4. The zero-order valence-corrected chi connectivity index (χ0v) is 18.6. The largest absolute Gasteiger partial charge is 0.476 e. The number of aryl methyl sites for hydroxylation is 1. The highest BCUT2D eigenvalue weighted by Crippen LogP contribution is 2.27. The van der Waals surface area contributed by atoms with Crippen LogP contribution in [0, 0.1) is 6.92 Å². The Bertz CT molecular complexity index is 1360. The number of benzene rings is 1. The maximum atomic E-state index is 12.8. The zero-order valence-electron chi connectivity index (χ0n) is 18.6. The summed E-state index contributed by atoms with van der Waals surface area (Å²) in [5.41, 5.74) is 3.63. The first-order valence-corrected chi connectivity index (χ1v) is 11.0. The van der Waals surface area contributed by atoms with Crippen molar-refractivity contribution in [3.05, 3.63) is 71.9 Å². The van der Waals surface area contributed by atoms with Crippen molar-refractivity contribution in [2.45, 2.75) is 25.8 Å². The summed E-state index contributed by atoms with van der Waals surface area (Å²) in [6.07, 6.45) is 6.31. The molecule has 0 aliphatic carbocycles. The smallest absolute Gasteiger partial charge is 0.354 e. The van der Waals surface area contributed by atoms with Crippen molar-refractivity contribution in [1.29, 1.82) is 0 Å². The normalized spacial score (nSPS) is 14.3. The first-order chi connectivity index (χ1) is 16.5. The second-order valence-corrected chi connectivity index (χ2v) is 8.31. The number of carboxylic acid groups (broad SMARTS) is 1. The average molecular weight is 457 g/mol. The van der Waals surface area contributed by atoms with Crippen LogP contribution in [0.4, 0.5) is 5.95 Å². The fourth-order valence-corrected chi connectivity index (χ4v) is 4.20. The molecule has 4 heterocycles. The minimum atomic E-state index is -1.06. The van der Waals surface area contributed by atoms with Crippen molar-refractivity contribution in [3.8, 4) is 11.3 Å². The Balaban J connectivity index is 1.21. The van der Waals surface area contributed by atoms with Gasteiger partial charge in [0.1, 0.15) is 5.58 Å². The molecule has 1 amide bonds. The molecule has 0 saturated carbocycles. The van der Waals surface area contributed by atoms with Crippen LogP contribution in [0.2, 0.25) is 0 Å². The van der Waals surface area contributed by atoms with Crippen LogP contribution in [0.25, 0.3) is 22.2 Å². The summed E-state index contributed by atoms with van der Waals surface area (Å²) in [6, 6.07) is 11.1. The van der Waals surface area contributed by atoms with Gasteiger partial charge in [-0.15, -0.1) is 0 Å². The first kappa shape index (κ1) is 21.6. The summed E-state index contributed by atoms with van der Waals surface area (Å²) >= 11 is 0. The van der Waals surface area contributed by atoms with E-state index in [2.05, 4.69) is 20.3 Å². The Morgan fingerprint density at radius 2 is 1.85 bits per heavy atom. The summed E-state index contributed by atoms with van der Waals surface area (Å²) in [7, 11) is 0. The highest BCUT2D eigenvalue weighted by molar-refractivity contribution is 5.96. The molecule has 0 radical (unpaired) electrons. The molecule has 0 unspecified atom stereocenters. The first-order valence-electron chi connectivity index (χ1n) is 11.0. The highest BCUT2D eigenvalue weighted by atomic mass is 16.4. The molecule has 2 N–H and O–H groups in total. The van der Waals surface area contributed by atoms with Gasteiger partial charge >= 0.3 is 5.97 Å². The predicted octanol–water partition coefficient (Wildman–Crippen LogP) is 3.69. The molecule has 1 saturated heterocycles. The van der Waals surface area contributed by atoms with Crippen LogP contribution in [0.1, 0.15) is 39.3 Å². The monoisotopic (exact) mass is 457 g/mol. The van der Waals surface area contributed by atoms with Gasteiger partial charge in [0.05, 0.1) is 12.0 Å². The lowest BCUT2D eigenvalue weighted by Gasteiger charge is -2.32. The van der Waals surface area contributed by atoms with Crippen molar-refractivity contribution in [2.75, 3.05) is 18.0 Å². The quantitative estimate of drug-likeness (QED) is 0.465. The van der Waals surface area contributed by atoms with Crippen LogP contribution in [0.3, 0.4) is 0 Å². The Kier molecular flexibility index (Phi) is 5.67. The van der Waals surface area contributed by atoms with Crippen molar-refractivity contribution in [1.82, 2.24) is 20.3 Å². The van der Waals surface area contributed by atoms with E-state index in [1.165, 1.54) is 6.20 Å². The van der Waals surface area contributed by atoms with Gasteiger partial charge in [-0.05, 0) is 44.0 Å². The van der Waals surface area contributed by atoms with E-state index in [4.69, 9.17) is 4.42 Å². The molecule has 172 valence electrons. The van der Waals surface area contributed by atoms with Gasteiger partial charge in [0.2, 0.25) is 5.95 Å². The van der Waals surface area contributed by atoms with Crippen LogP contribution in [-0.4, -0.2) is 51.1 Å². The van der Waals surface area contributed by atoms with Crippen LogP contribution >= 0.6 is 0 Å². The number of anilines is 1. The second-order valence-electron chi connectivity index (χ2n) is 8.31. The van der Waals surface area contributed by atoms with E-state index in [0.717, 1.165) is 35.1 Å². The molecule has 9 nitrogen and oxygen atoms in total. The molecule has 4 aromatic rings. The Morgan fingerprint density at radius 1 is 1.09 bits per heavy atom. The molecule has 3 aromatic heterocycles. The number of carbonyl (C=O) groups is 2. The Labute approximate surface area is 195 Å². The number of nitrogens with one attached hydrogen (secondary N) is 1. The van der Waals surface area contributed by atoms with E-state index < -0.39 is 5.97 Å². The van der Waals surface area contributed by atoms with Crippen LogP contribution in [-0.2, 0) is 0 Å². The standard InChI is InChI=1S/C25H23N5O4/c1-15-14-27-25(29-21(15)24(32)33)30-11-7-18(8-12-30)28-23(31)17-4-2-16(3-5-17)22-19-9-13-34-20(19)6-10-26-22/h2-6,9-10,13-14,18H,7-8,11-12H2,1H3,(H,28,31)(H,32,33). The SMILES string of the molecule is Cc1cnc(N2CCC(NC(=O)c3ccc(-c4nccc5occc45)cc3)CC2)nc1C(=O)O. The van der Waals surface area contributed by atoms with Crippen molar-refractivity contribution in [3.63, 3.8) is 0 Å². The van der Waals surface area contributed by atoms with Gasteiger partial charge in [-0.1, -0.05) is 12.1 Å². The molecule has 34 heavy (non-hydrogen) atoms. The Morgan fingerprint density at radius 3 is 2.59 bits per heavy atom. The molecule has 1 aromatic carbocycles. The van der Waals surface area contributed by atoms with E-state index in [1.54, 1.807) is 31.5 Å². The number of hydrogen-bond donors (Lipinski definition) is 2. The summed E-state index contributed by atoms with van der Waals surface area (Å²) in [6.45, 7) is 2.94. The minimum Gasteiger partial charge on any atom is -0.476 e. The Hall–Kier alpha value is -4.27. The minimum absolute atomic E-state index is 0.0167. The lowest BCUT2D eigenvalue weighted by Crippen LogP contribution is -2.45. The van der Waals surface area contributed by atoms with Crippen LogP contribution < -0.4 is 10.2 Å². The fourth-order valence-electron chi connectivity index (χ4n) is 4.20. The van der Waals surface area contributed by atoms with Gasteiger partial charge < -0.3 is 19.7 Å². The molecule has 0 bridgehead atoms. The van der Waals surface area contributed by atoms with E-state index in [9.17, 15) is 14.7 Å². The van der Waals surface area contributed by atoms with Crippen LogP contribution in [0.5, 0.6) is 0 Å². The van der Waals surface area contributed by atoms with E-state index >= 15 is 0 Å². The topological polar surface area (TPSA) is 121 Å². The van der Waals surface area contributed by atoms with Crippen molar-refractivity contribution >= 4 is 28.8 Å². The number of rotatable bonds is 5. The number of hydrogen-bond acceptors (Lipinski definition) is 7. The van der Waals surface area contributed by atoms with Crippen LogP contribution in [0.15, 0.2) is 59.5 Å². The summed E-state index contributed by atoms with van der Waals surface area (Å²) in [5, 5.41) is 13.3. The lowest BCUT2D eigenvalue weighted by atomic mass is 10.0.